The summed E-state index contributed by atoms with van der Waals surface area (Å²) in [5.41, 5.74) is -1.10. The van der Waals surface area contributed by atoms with Crippen LogP contribution in [0.4, 0.5) is 74.6 Å². The number of halogens is 17. The van der Waals surface area contributed by atoms with Crippen LogP contribution in [0.25, 0.3) is 52.9 Å². The van der Waals surface area contributed by atoms with Crippen LogP contribution < -0.4 is 26.6 Å². The smallest absolute Gasteiger partial charge is 0.351 e. The number of aromatic nitrogens is 11. The molecule has 0 bridgehead atoms. The second-order valence-corrected chi connectivity index (χ2v) is 33.3. The van der Waals surface area contributed by atoms with E-state index in [2.05, 4.69) is 62.0 Å². The van der Waals surface area contributed by atoms with Gasteiger partial charge in [-0.05, 0) is 189 Å². The first-order valence-corrected chi connectivity index (χ1v) is 41.7. The maximum atomic E-state index is 13.5. The number of thiophene rings is 5. The molecule has 1 saturated carbocycles. The van der Waals surface area contributed by atoms with Crippen molar-refractivity contribution in [2.24, 2.45) is 41.2 Å². The number of nitrogens with one attached hydrogen (secondary N) is 5. The van der Waals surface area contributed by atoms with E-state index < -0.39 is 59.4 Å². The van der Waals surface area contributed by atoms with Crippen molar-refractivity contribution in [3.8, 4) is 52.9 Å². The van der Waals surface area contributed by atoms with Crippen molar-refractivity contribution in [2.45, 2.75) is 76.1 Å². The minimum atomic E-state index is -4.50. The number of likely N-dealkylation sites (tertiary alicyclic amines) is 1. The Hall–Kier alpha value is -11.7. The quantitative estimate of drug-likeness (QED) is 0.0397. The van der Waals surface area contributed by atoms with Gasteiger partial charge in [0, 0.05) is 86.9 Å². The Balaban J connectivity index is 0.000000152. The Morgan fingerprint density at radius 3 is 0.992 bits per heavy atom. The highest BCUT2D eigenvalue weighted by Crippen LogP contribution is 2.41. The van der Waals surface area contributed by atoms with E-state index in [1.165, 1.54) is 78.4 Å². The summed E-state index contributed by atoms with van der Waals surface area (Å²) in [5, 5.41) is 33.2. The fourth-order valence-electron chi connectivity index (χ4n) is 12.1. The summed E-state index contributed by atoms with van der Waals surface area (Å²) in [6, 6.07) is 36.3. The van der Waals surface area contributed by atoms with Crippen LogP contribution in [0.15, 0.2) is 164 Å². The zero-order chi connectivity index (χ0) is 90.5. The van der Waals surface area contributed by atoms with Gasteiger partial charge in [0.05, 0.1) is 48.8 Å². The van der Waals surface area contributed by atoms with E-state index in [0.29, 0.717) is 86.3 Å². The van der Waals surface area contributed by atoms with Gasteiger partial charge in [0.2, 0.25) is 0 Å². The molecule has 5 N–H and O–H groups in total. The molecule has 0 spiro atoms. The summed E-state index contributed by atoms with van der Waals surface area (Å²) in [4.78, 5) is 71.4. The number of nitrogens with zero attached hydrogens (tertiary/aromatic N) is 12. The van der Waals surface area contributed by atoms with Crippen molar-refractivity contribution in [3.05, 3.63) is 245 Å². The van der Waals surface area contributed by atoms with Crippen LogP contribution in [-0.2, 0) is 85.6 Å². The molecule has 2 aliphatic rings. The van der Waals surface area contributed by atoms with Gasteiger partial charge >= 0.3 is 30.9 Å². The maximum absolute atomic E-state index is 13.5. The average Bonchev–Trinajstić information content (AvgIpc) is 1.68. The van der Waals surface area contributed by atoms with Crippen LogP contribution in [0, 0.1) is 17.6 Å². The average molecular weight is 1850 g/mol. The first-order valence-electron chi connectivity index (χ1n) is 37.6. The predicted molar refractivity (Wildman–Crippen MR) is 436 cm³/mol. The number of hydrogen-bond donors (Lipinski definition) is 5. The van der Waals surface area contributed by atoms with Crippen molar-refractivity contribution in [2.75, 3.05) is 39.3 Å². The molecule has 13 aromatic rings. The number of alkyl halides is 15. The van der Waals surface area contributed by atoms with Gasteiger partial charge in [-0.2, -0.15) is 91.3 Å². The topological polar surface area (TPSA) is 251 Å². The Bertz CT molecular complexity index is 5860. The molecule has 1 aliphatic carbocycles. The van der Waals surface area contributed by atoms with Crippen LogP contribution in [0.5, 0.6) is 0 Å². The van der Waals surface area contributed by atoms with Crippen molar-refractivity contribution in [1.82, 2.24) is 85.4 Å². The van der Waals surface area contributed by atoms with E-state index in [9.17, 15) is 98.6 Å². The van der Waals surface area contributed by atoms with Gasteiger partial charge in [-0.25, -0.2) is 8.78 Å². The maximum Gasteiger partial charge on any atom is 0.433 e. The van der Waals surface area contributed by atoms with Gasteiger partial charge in [-0.1, -0.05) is 30.3 Å². The summed E-state index contributed by atoms with van der Waals surface area (Å²) in [6.07, 6.45) is -14.1. The van der Waals surface area contributed by atoms with E-state index in [4.69, 9.17) is 0 Å². The molecule has 2 aromatic carbocycles. The molecule has 0 unspecified atom stereocenters. The number of hydrogen-bond acceptors (Lipinski definition) is 17. The van der Waals surface area contributed by atoms with E-state index >= 15 is 0 Å². The third kappa shape index (κ3) is 26.0. The molecule has 22 nitrogen and oxygen atoms in total. The minimum Gasteiger partial charge on any atom is -0.351 e. The molecule has 44 heteroatoms. The number of amides is 5. The van der Waals surface area contributed by atoms with Crippen LogP contribution in [0.3, 0.4) is 0 Å². The highest BCUT2D eigenvalue weighted by atomic mass is 32.1. The number of pyridine rings is 1. The van der Waals surface area contributed by atoms with Gasteiger partial charge < -0.3 is 31.5 Å². The molecule has 0 radical (unpaired) electrons. The van der Waals surface area contributed by atoms with E-state index in [-0.39, 0.29) is 82.7 Å². The Kier molecular flexibility index (Phi) is 30.4. The van der Waals surface area contributed by atoms with E-state index in [1.807, 2.05) is 0 Å². The number of aryl methyl sites for hydroxylation is 5. The van der Waals surface area contributed by atoms with Crippen LogP contribution in [-0.4, -0.2) is 128 Å². The summed E-state index contributed by atoms with van der Waals surface area (Å²) in [5.74, 6) is -1.53. The molecular weight excluding hydrogens is 1770 g/mol. The summed E-state index contributed by atoms with van der Waals surface area (Å²) >= 11 is 5.47. The lowest BCUT2D eigenvalue weighted by Gasteiger charge is -2.14. The highest BCUT2D eigenvalue weighted by Gasteiger charge is 2.40. The van der Waals surface area contributed by atoms with Gasteiger partial charge in [-0.3, -0.25) is 52.4 Å². The van der Waals surface area contributed by atoms with Gasteiger partial charge in [-0.15, -0.1) is 56.7 Å². The lowest BCUT2D eigenvalue weighted by atomic mass is 10.1. The first-order chi connectivity index (χ1) is 59.0. The van der Waals surface area contributed by atoms with Crippen molar-refractivity contribution < 1.29 is 98.6 Å². The molecule has 1 saturated heterocycles. The Labute approximate surface area is 720 Å². The zero-order valence-corrected chi connectivity index (χ0v) is 70.3. The van der Waals surface area contributed by atoms with Crippen molar-refractivity contribution in [3.63, 3.8) is 0 Å². The number of carbonyl (C=O) groups is 5. The molecule has 15 rings (SSSR count). The molecule has 0 atom stereocenters. The lowest BCUT2D eigenvalue weighted by molar-refractivity contribution is -0.144. The summed E-state index contributed by atoms with van der Waals surface area (Å²) < 4.78 is 223. The molecule has 662 valence electrons. The highest BCUT2D eigenvalue weighted by molar-refractivity contribution is 7.18. The monoisotopic (exact) mass is 1850 g/mol. The minimum absolute atomic E-state index is 0.153. The third-order valence-electron chi connectivity index (χ3n) is 18.6. The number of carbonyl (C=O) groups excluding carboxylic acids is 5. The molecule has 11 aromatic heterocycles. The third-order valence-corrected chi connectivity index (χ3v) is 24.2. The number of rotatable bonds is 22. The molecular formula is C81H74F17N17O5S5. The van der Waals surface area contributed by atoms with Gasteiger partial charge in [0.1, 0.15) is 68.6 Å². The largest absolute Gasteiger partial charge is 0.433 e. The fraction of sp³-hybridized carbons (Fsp3) is 0.296. The predicted octanol–water partition coefficient (Wildman–Crippen LogP) is 18.3. The van der Waals surface area contributed by atoms with Gasteiger partial charge in [0.25, 0.3) is 29.5 Å². The second-order valence-electron chi connectivity index (χ2n) is 27.9. The molecule has 2 fully saturated rings. The molecule has 5 amide bonds. The Morgan fingerprint density at radius 1 is 0.376 bits per heavy atom. The Morgan fingerprint density at radius 2 is 0.680 bits per heavy atom. The summed E-state index contributed by atoms with van der Waals surface area (Å²) in [7, 11) is 6.18. The fourth-order valence-corrected chi connectivity index (χ4v) is 16.5. The molecule has 1 aliphatic heterocycles. The first kappa shape index (κ1) is 93.9. The molecule has 12 heterocycles. The second kappa shape index (κ2) is 40.5. The van der Waals surface area contributed by atoms with Crippen LogP contribution in [0.2, 0.25) is 0 Å². The summed E-state index contributed by atoms with van der Waals surface area (Å²) in [6.45, 7) is 4.99. The van der Waals surface area contributed by atoms with Crippen molar-refractivity contribution >= 4 is 86.2 Å². The number of benzene rings is 2. The van der Waals surface area contributed by atoms with Crippen molar-refractivity contribution in [1.29, 1.82) is 0 Å². The van der Waals surface area contributed by atoms with Crippen LogP contribution in [0.1, 0.15) is 119 Å². The van der Waals surface area contributed by atoms with Gasteiger partial charge in [0.15, 0.2) is 0 Å². The standard InChI is InChI=1S/C18H15F4N3OS.C17H13F4N3OS.C16H13F3N4OS.C16H19F3N4OS.C14H14F3N3OS/c1-25-16(18(20,21)22)10-13(24-25)14-6-7-15(27-14)17(26)23-9-8-11-4-2-3-5-12(11)19;1-24-15(17(19,20)21)8-12(23-24)13-6-7-14(26-13)16(25)22-9-10-2-4-11(18)5-3-10;1-23-14(16(17,18)19)8-11(22-23)12-2-3-13(25-12)15(24)21-9-10-4-6-20-7-5-10;1-22-14(16(17,18)19)10-11(21-22)12-4-5-13(25-12)15(24)20-6-9-23-7-2-3-8-23;1-20-12(14(15,16)17)6-9(19-20)10-4-5-11(22-10)13(21)18-7-8-2-3-8/h2-7,10H,8-9H2,1H3,(H,23,26);2-8H,9H2,1H3,(H,22,25);2-8H,9H2,1H3,(H,21,24);4-5,10H,2-3,6-9H2,1H3,(H,20,24);4-6,8H,2-3,7H2,1H3,(H,18,21). The molecule has 125 heavy (non-hydrogen) atoms. The lowest BCUT2D eigenvalue weighted by Crippen LogP contribution is -2.33. The van der Waals surface area contributed by atoms with Crippen LogP contribution >= 0.6 is 56.7 Å². The SMILES string of the molecule is Cn1nc(-c2ccc(C(=O)NCC3CC3)s2)cc1C(F)(F)F.Cn1nc(-c2ccc(C(=O)NCCN3CCCC3)s2)cc1C(F)(F)F.Cn1nc(-c2ccc(C(=O)NCCc3ccccc3F)s2)cc1C(F)(F)F.Cn1nc(-c2ccc(C(=O)NCc3ccc(F)cc3)s2)cc1C(F)(F)F.Cn1nc(-c2ccc(C(=O)NCc3ccncc3)s2)cc1C(F)(F)F. The zero-order valence-electron chi connectivity index (χ0n) is 66.2. The normalized spacial score (nSPS) is 13.0. The van der Waals surface area contributed by atoms with E-state index in [1.54, 1.807) is 103 Å². The van der Waals surface area contributed by atoms with E-state index in [0.717, 1.165) is 154 Å².